The van der Waals surface area contributed by atoms with Gasteiger partial charge in [-0.05, 0) is 38.3 Å². The molecule has 3 heterocycles. The van der Waals surface area contributed by atoms with Crippen molar-refractivity contribution in [3.05, 3.63) is 41.0 Å². The molecule has 1 aromatic carbocycles. The summed E-state index contributed by atoms with van der Waals surface area (Å²) in [4.78, 5) is 13.9. The van der Waals surface area contributed by atoms with Crippen molar-refractivity contribution in [2.24, 2.45) is 0 Å². The maximum absolute atomic E-state index is 12.6. The number of rotatable bonds is 2. The Kier molecular flexibility index (Phi) is 3.64. The number of nitrogens with one attached hydrogen (secondary N) is 1. The molecular weight excluding hydrogens is 308 g/mol. The highest BCUT2D eigenvalue weighted by atomic mass is 32.2. The maximum Gasteiger partial charge on any atom is 0.234 e. The molecule has 1 aromatic heterocycles. The summed E-state index contributed by atoms with van der Waals surface area (Å²) in [6.07, 6.45) is 2.64. The summed E-state index contributed by atoms with van der Waals surface area (Å²) in [5.74, 6) is 2.12. The van der Waals surface area contributed by atoms with Gasteiger partial charge in [0.15, 0.2) is 0 Å². The molecule has 120 valence electrons. The summed E-state index contributed by atoms with van der Waals surface area (Å²) in [6, 6.07) is 6.63. The SMILES string of the molecule is Cc1ccc2c(c1)SC(C(=O)NC1CCc3nnc(C)n3C1)C2. The number of hydrogen-bond donors (Lipinski definition) is 1. The zero-order chi connectivity index (χ0) is 16.0. The van der Waals surface area contributed by atoms with E-state index in [1.54, 1.807) is 11.8 Å². The van der Waals surface area contributed by atoms with Crippen LogP contribution in [0, 0.1) is 13.8 Å². The molecule has 0 fully saturated rings. The van der Waals surface area contributed by atoms with E-state index < -0.39 is 0 Å². The van der Waals surface area contributed by atoms with Crippen molar-refractivity contribution < 1.29 is 4.79 Å². The smallest absolute Gasteiger partial charge is 0.234 e. The highest BCUT2D eigenvalue weighted by molar-refractivity contribution is 8.01. The topological polar surface area (TPSA) is 59.8 Å². The number of amides is 1. The maximum atomic E-state index is 12.6. The number of aromatic nitrogens is 3. The van der Waals surface area contributed by atoms with Crippen LogP contribution in [0.2, 0.25) is 0 Å². The van der Waals surface area contributed by atoms with Gasteiger partial charge in [-0.15, -0.1) is 22.0 Å². The fourth-order valence-corrected chi connectivity index (χ4v) is 4.66. The molecule has 0 saturated heterocycles. The van der Waals surface area contributed by atoms with Crippen molar-refractivity contribution in [3.63, 3.8) is 0 Å². The van der Waals surface area contributed by atoms with Crippen LogP contribution in [0.5, 0.6) is 0 Å². The van der Waals surface area contributed by atoms with Crippen LogP contribution in [0.4, 0.5) is 0 Å². The Morgan fingerprint density at radius 3 is 3.09 bits per heavy atom. The van der Waals surface area contributed by atoms with Gasteiger partial charge >= 0.3 is 0 Å². The fourth-order valence-electron chi connectivity index (χ4n) is 3.36. The monoisotopic (exact) mass is 328 g/mol. The number of thioether (sulfide) groups is 1. The van der Waals surface area contributed by atoms with Crippen LogP contribution in [-0.2, 0) is 24.2 Å². The van der Waals surface area contributed by atoms with E-state index in [0.29, 0.717) is 0 Å². The van der Waals surface area contributed by atoms with E-state index >= 15 is 0 Å². The average Bonchev–Trinajstić information content (AvgIpc) is 3.11. The first-order valence-electron chi connectivity index (χ1n) is 8.05. The molecule has 1 N–H and O–H groups in total. The van der Waals surface area contributed by atoms with E-state index in [-0.39, 0.29) is 17.2 Å². The minimum absolute atomic E-state index is 0.00444. The van der Waals surface area contributed by atoms with Crippen molar-refractivity contribution in [1.29, 1.82) is 0 Å². The molecule has 1 amide bonds. The van der Waals surface area contributed by atoms with Crippen molar-refractivity contribution in [2.75, 3.05) is 0 Å². The summed E-state index contributed by atoms with van der Waals surface area (Å²) in [5.41, 5.74) is 2.54. The van der Waals surface area contributed by atoms with Crippen LogP contribution in [0.1, 0.15) is 29.2 Å². The van der Waals surface area contributed by atoms with Crippen molar-refractivity contribution in [2.45, 2.75) is 55.8 Å². The number of carbonyl (C=O) groups excluding carboxylic acids is 1. The third kappa shape index (κ3) is 2.76. The number of fused-ring (bicyclic) bond motifs is 2. The molecule has 2 aromatic rings. The van der Waals surface area contributed by atoms with Crippen molar-refractivity contribution in [1.82, 2.24) is 20.1 Å². The molecule has 0 bridgehead atoms. The lowest BCUT2D eigenvalue weighted by Gasteiger charge is -2.26. The van der Waals surface area contributed by atoms with Gasteiger partial charge < -0.3 is 9.88 Å². The normalized spacial score (nSPS) is 22.5. The number of nitrogens with zero attached hydrogens (tertiary/aromatic N) is 3. The Labute approximate surface area is 139 Å². The molecule has 2 aliphatic heterocycles. The Balaban J connectivity index is 1.41. The van der Waals surface area contributed by atoms with Gasteiger partial charge in [-0.3, -0.25) is 4.79 Å². The number of carbonyl (C=O) groups is 1. The molecule has 6 heteroatoms. The van der Waals surface area contributed by atoms with Crippen LogP contribution in [0.25, 0.3) is 0 Å². The average molecular weight is 328 g/mol. The predicted octanol–water partition coefficient (Wildman–Crippen LogP) is 2.04. The molecule has 23 heavy (non-hydrogen) atoms. The minimum Gasteiger partial charge on any atom is -0.351 e. The lowest BCUT2D eigenvalue weighted by atomic mass is 10.1. The first-order valence-corrected chi connectivity index (χ1v) is 8.93. The van der Waals surface area contributed by atoms with E-state index in [9.17, 15) is 4.79 Å². The fraction of sp³-hybridized carbons (Fsp3) is 0.471. The third-order valence-corrected chi connectivity index (χ3v) is 5.97. The van der Waals surface area contributed by atoms with E-state index in [4.69, 9.17) is 0 Å². The van der Waals surface area contributed by atoms with Crippen molar-refractivity contribution >= 4 is 17.7 Å². The molecule has 5 nitrogen and oxygen atoms in total. The predicted molar refractivity (Wildman–Crippen MR) is 89.5 cm³/mol. The van der Waals surface area contributed by atoms with Gasteiger partial charge in [0.1, 0.15) is 11.6 Å². The summed E-state index contributed by atoms with van der Waals surface area (Å²) in [7, 11) is 0. The van der Waals surface area contributed by atoms with Crippen LogP contribution < -0.4 is 5.32 Å². The van der Waals surface area contributed by atoms with Gasteiger partial charge in [-0.25, -0.2) is 0 Å². The highest BCUT2D eigenvalue weighted by Crippen LogP contribution is 2.37. The molecule has 2 atom stereocenters. The minimum atomic E-state index is -0.00444. The third-order valence-electron chi connectivity index (χ3n) is 4.67. The first-order chi connectivity index (χ1) is 11.1. The van der Waals surface area contributed by atoms with Gasteiger partial charge in [0.2, 0.25) is 5.91 Å². The second kappa shape index (κ2) is 5.67. The van der Waals surface area contributed by atoms with Crippen LogP contribution in [-0.4, -0.2) is 32.0 Å². The molecule has 0 saturated carbocycles. The number of aryl methyl sites for hydroxylation is 3. The summed E-state index contributed by atoms with van der Waals surface area (Å²) in [5, 5.41) is 11.5. The quantitative estimate of drug-likeness (QED) is 0.916. The molecular formula is C17H20N4OS. The van der Waals surface area contributed by atoms with Gasteiger partial charge in [-0.1, -0.05) is 17.7 Å². The Hall–Kier alpha value is -1.82. The standard InChI is InChI=1S/C17H20N4OS/c1-10-3-4-12-8-15(23-14(12)7-10)17(22)18-13-5-6-16-20-19-11(2)21(16)9-13/h3-4,7,13,15H,5-6,8-9H2,1-2H3,(H,18,22). The Morgan fingerprint density at radius 2 is 2.22 bits per heavy atom. The van der Waals surface area contributed by atoms with E-state index in [0.717, 1.165) is 37.5 Å². The lowest BCUT2D eigenvalue weighted by Crippen LogP contribution is -2.44. The molecule has 0 spiro atoms. The molecule has 2 aliphatic rings. The zero-order valence-corrected chi connectivity index (χ0v) is 14.2. The van der Waals surface area contributed by atoms with E-state index in [2.05, 4.69) is 45.2 Å². The van der Waals surface area contributed by atoms with E-state index in [1.807, 2.05) is 6.92 Å². The molecule has 0 radical (unpaired) electrons. The highest BCUT2D eigenvalue weighted by Gasteiger charge is 2.31. The van der Waals surface area contributed by atoms with Gasteiger partial charge in [-0.2, -0.15) is 0 Å². The second-order valence-electron chi connectivity index (χ2n) is 6.44. The van der Waals surface area contributed by atoms with Gasteiger partial charge in [0.25, 0.3) is 0 Å². The zero-order valence-electron chi connectivity index (χ0n) is 13.4. The molecule has 2 unspecified atom stereocenters. The Morgan fingerprint density at radius 1 is 1.35 bits per heavy atom. The second-order valence-corrected chi connectivity index (χ2v) is 7.68. The molecule has 0 aliphatic carbocycles. The van der Waals surface area contributed by atoms with Crippen molar-refractivity contribution in [3.8, 4) is 0 Å². The first kappa shape index (κ1) is 14.8. The summed E-state index contributed by atoms with van der Waals surface area (Å²) >= 11 is 1.69. The van der Waals surface area contributed by atoms with E-state index in [1.165, 1.54) is 16.0 Å². The summed E-state index contributed by atoms with van der Waals surface area (Å²) < 4.78 is 2.12. The number of benzene rings is 1. The summed E-state index contributed by atoms with van der Waals surface area (Å²) in [6.45, 7) is 4.84. The molecule has 4 rings (SSSR count). The van der Waals surface area contributed by atoms with Crippen LogP contribution in [0.15, 0.2) is 23.1 Å². The largest absolute Gasteiger partial charge is 0.351 e. The van der Waals surface area contributed by atoms with Gasteiger partial charge in [0.05, 0.1) is 5.25 Å². The lowest BCUT2D eigenvalue weighted by molar-refractivity contribution is -0.121. The van der Waals surface area contributed by atoms with Crippen LogP contribution >= 0.6 is 11.8 Å². The Bertz CT molecular complexity index is 770. The van der Waals surface area contributed by atoms with Gasteiger partial charge in [0, 0.05) is 23.9 Å². The number of hydrogen-bond acceptors (Lipinski definition) is 4. The van der Waals surface area contributed by atoms with Crippen LogP contribution in [0.3, 0.4) is 0 Å².